The average Bonchev–Trinajstić information content (AvgIpc) is 2.59. The van der Waals surface area contributed by atoms with Crippen LogP contribution in [0.1, 0.15) is 51.3 Å². The first kappa shape index (κ1) is 19.9. The van der Waals surface area contributed by atoms with E-state index in [1.807, 2.05) is 58.9 Å². The number of carbonyl (C=O) groups is 1. The fourth-order valence-electron chi connectivity index (χ4n) is 3.54. The Labute approximate surface area is 151 Å². The lowest BCUT2D eigenvalue weighted by Gasteiger charge is -2.58. The summed E-state index contributed by atoms with van der Waals surface area (Å²) in [4.78, 5) is 14.8. The van der Waals surface area contributed by atoms with Crippen molar-refractivity contribution in [3.63, 3.8) is 0 Å². The highest BCUT2D eigenvalue weighted by Crippen LogP contribution is 2.50. The topological polar surface area (TPSA) is 75.8 Å². The molecule has 0 bridgehead atoms. The Morgan fingerprint density at radius 3 is 2.44 bits per heavy atom. The van der Waals surface area contributed by atoms with E-state index in [1.165, 1.54) is 0 Å². The Morgan fingerprint density at radius 1 is 1.36 bits per heavy atom. The number of ether oxygens (including phenoxy) is 1. The van der Waals surface area contributed by atoms with Crippen molar-refractivity contribution in [1.29, 1.82) is 0 Å². The van der Waals surface area contributed by atoms with E-state index >= 15 is 0 Å². The highest BCUT2D eigenvalue weighted by atomic mass is 16.5. The molecule has 1 amide bonds. The summed E-state index contributed by atoms with van der Waals surface area (Å²) in [5.41, 5.74) is 7.07. The molecule has 0 saturated heterocycles. The monoisotopic (exact) mass is 348 g/mol. The number of nitrogens with two attached hydrogens (primary N) is 1. The molecule has 0 radical (unpaired) electrons. The first-order valence-corrected chi connectivity index (χ1v) is 9.11. The van der Waals surface area contributed by atoms with Crippen molar-refractivity contribution in [2.75, 3.05) is 19.7 Å². The van der Waals surface area contributed by atoms with Gasteiger partial charge in [0.2, 0.25) is 5.91 Å². The molecule has 2 rings (SSSR count). The predicted octanol–water partition coefficient (Wildman–Crippen LogP) is 2.41. The van der Waals surface area contributed by atoms with Gasteiger partial charge < -0.3 is 20.5 Å². The molecule has 0 aromatic heterocycles. The predicted molar refractivity (Wildman–Crippen MR) is 99.1 cm³/mol. The first-order chi connectivity index (χ1) is 11.7. The lowest BCUT2D eigenvalue weighted by atomic mass is 9.54. The molecule has 0 aliphatic heterocycles. The number of likely N-dealkylation sites (N-methyl/N-ethyl adjacent to an activating group) is 1. The maximum atomic E-state index is 13.1. The van der Waals surface area contributed by atoms with E-state index in [1.54, 1.807) is 4.90 Å². The van der Waals surface area contributed by atoms with Gasteiger partial charge in [0.1, 0.15) is 5.54 Å². The van der Waals surface area contributed by atoms with Crippen molar-refractivity contribution in [3.05, 3.63) is 35.4 Å². The van der Waals surface area contributed by atoms with E-state index in [9.17, 15) is 9.90 Å². The van der Waals surface area contributed by atoms with Crippen LogP contribution in [-0.4, -0.2) is 47.3 Å². The minimum atomic E-state index is -0.949. The smallest absolute Gasteiger partial charge is 0.243 e. The molecule has 1 saturated carbocycles. The molecule has 1 aliphatic rings. The lowest BCUT2D eigenvalue weighted by Crippen LogP contribution is -2.76. The highest BCUT2D eigenvalue weighted by molar-refractivity contribution is 5.89. The zero-order valence-corrected chi connectivity index (χ0v) is 16.1. The van der Waals surface area contributed by atoms with Gasteiger partial charge in [-0.3, -0.25) is 4.79 Å². The number of nitrogens with zero attached hydrogens (tertiary/aromatic N) is 1. The molecule has 1 aromatic carbocycles. The van der Waals surface area contributed by atoms with Crippen LogP contribution in [0.2, 0.25) is 0 Å². The van der Waals surface area contributed by atoms with E-state index in [0.717, 1.165) is 11.1 Å². The normalized spacial score (nSPS) is 26.0. The summed E-state index contributed by atoms with van der Waals surface area (Å²) in [5.74, 6) is -0.109. The molecule has 1 fully saturated rings. The Balaban J connectivity index is 2.09. The zero-order chi connectivity index (χ0) is 18.8. The number of amides is 1. The quantitative estimate of drug-likeness (QED) is 0.793. The first-order valence-electron chi connectivity index (χ1n) is 9.11. The van der Waals surface area contributed by atoms with Gasteiger partial charge in [-0.15, -0.1) is 0 Å². The summed E-state index contributed by atoms with van der Waals surface area (Å²) in [6.45, 7) is 11.2. The lowest BCUT2D eigenvalue weighted by molar-refractivity contribution is -0.180. The Morgan fingerprint density at radius 2 is 1.96 bits per heavy atom. The minimum absolute atomic E-state index is 0.00724. The Hall–Kier alpha value is -1.43. The third kappa shape index (κ3) is 3.59. The maximum Gasteiger partial charge on any atom is 0.243 e. The molecule has 3 atom stereocenters. The molecule has 1 aliphatic carbocycles. The third-order valence-electron chi connectivity index (χ3n) is 5.74. The molecule has 3 N–H and O–H groups in total. The minimum Gasteiger partial charge on any atom is -0.387 e. The molecule has 5 heteroatoms. The van der Waals surface area contributed by atoms with Crippen LogP contribution >= 0.6 is 0 Å². The second kappa shape index (κ2) is 7.44. The summed E-state index contributed by atoms with van der Waals surface area (Å²) < 4.78 is 5.71. The number of rotatable bonds is 7. The van der Waals surface area contributed by atoms with Crippen LogP contribution < -0.4 is 5.73 Å². The number of hydrogen-bond donors (Lipinski definition) is 2. The molecule has 140 valence electrons. The van der Waals surface area contributed by atoms with Gasteiger partial charge >= 0.3 is 0 Å². The van der Waals surface area contributed by atoms with Crippen molar-refractivity contribution < 1.29 is 14.6 Å². The fourth-order valence-corrected chi connectivity index (χ4v) is 3.54. The SMILES string of the molecule is CCOC1CC(N)(C(=O)N(CC)CC(O)c2ccc(C)cc2)C1(C)C. The van der Waals surface area contributed by atoms with E-state index in [-0.39, 0.29) is 18.6 Å². The molecule has 25 heavy (non-hydrogen) atoms. The maximum absolute atomic E-state index is 13.1. The van der Waals surface area contributed by atoms with Crippen LogP contribution in [0.25, 0.3) is 0 Å². The van der Waals surface area contributed by atoms with Crippen LogP contribution in [0.5, 0.6) is 0 Å². The number of hydrogen-bond acceptors (Lipinski definition) is 4. The molecule has 0 spiro atoms. The van der Waals surface area contributed by atoms with Crippen molar-refractivity contribution >= 4 is 5.91 Å². The number of aliphatic hydroxyl groups excluding tert-OH is 1. The third-order valence-corrected chi connectivity index (χ3v) is 5.74. The van der Waals surface area contributed by atoms with Gasteiger partial charge in [0.15, 0.2) is 0 Å². The van der Waals surface area contributed by atoms with Gasteiger partial charge in [-0.05, 0) is 26.3 Å². The van der Waals surface area contributed by atoms with Gasteiger partial charge in [0, 0.05) is 25.0 Å². The molecular weight excluding hydrogens is 316 g/mol. The van der Waals surface area contributed by atoms with Crippen LogP contribution in [0, 0.1) is 12.3 Å². The van der Waals surface area contributed by atoms with E-state index in [0.29, 0.717) is 19.6 Å². The van der Waals surface area contributed by atoms with Crippen LogP contribution in [0.15, 0.2) is 24.3 Å². The number of aryl methyl sites for hydroxylation is 1. The molecule has 3 unspecified atom stereocenters. The van der Waals surface area contributed by atoms with Crippen molar-refractivity contribution in [3.8, 4) is 0 Å². The molecule has 5 nitrogen and oxygen atoms in total. The largest absolute Gasteiger partial charge is 0.387 e. The van der Waals surface area contributed by atoms with Gasteiger partial charge in [-0.1, -0.05) is 43.7 Å². The number of carbonyl (C=O) groups excluding carboxylic acids is 1. The van der Waals surface area contributed by atoms with Crippen molar-refractivity contribution in [1.82, 2.24) is 4.90 Å². The van der Waals surface area contributed by atoms with Crippen LogP contribution in [0.4, 0.5) is 0 Å². The van der Waals surface area contributed by atoms with E-state index in [2.05, 4.69) is 0 Å². The van der Waals surface area contributed by atoms with Gasteiger partial charge in [0.25, 0.3) is 0 Å². The Kier molecular flexibility index (Phi) is 5.92. The molecule has 0 heterocycles. The van der Waals surface area contributed by atoms with Crippen molar-refractivity contribution in [2.45, 2.75) is 58.8 Å². The second-order valence-corrected chi connectivity index (χ2v) is 7.61. The summed E-state index contributed by atoms with van der Waals surface area (Å²) in [6, 6.07) is 7.72. The van der Waals surface area contributed by atoms with Gasteiger partial charge in [-0.2, -0.15) is 0 Å². The Bertz CT molecular complexity index is 599. The summed E-state index contributed by atoms with van der Waals surface area (Å²) in [6.07, 6.45) is -0.213. The van der Waals surface area contributed by atoms with Crippen LogP contribution in [0.3, 0.4) is 0 Å². The zero-order valence-electron chi connectivity index (χ0n) is 16.1. The number of aliphatic hydroxyl groups is 1. The van der Waals surface area contributed by atoms with Gasteiger partial charge in [-0.25, -0.2) is 0 Å². The summed E-state index contributed by atoms with van der Waals surface area (Å²) >= 11 is 0. The summed E-state index contributed by atoms with van der Waals surface area (Å²) in [7, 11) is 0. The van der Waals surface area contributed by atoms with E-state index < -0.39 is 17.1 Å². The van der Waals surface area contributed by atoms with Crippen LogP contribution in [-0.2, 0) is 9.53 Å². The summed E-state index contributed by atoms with van der Waals surface area (Å²) in [5, 5.41) is 10.5. The average molecular weight is 348 g/mol. The van der Waals surface area contributed by atoms with Gasteiger partial charge in [0.05, 0.1) is 18.8 Å². The van der Waals surface area contributed by atoms with E-state index in [4.69, 9.17) is 10.5 Å². The number of benzene rings is 1. The molecule has 1 aromatic rings. The second-order valence-electron chi connectivity index (χ2n) is 7.61. The fraction of sp³-hybridized carbons (Fsp3) is 0.650. The van der Waals surface area contributed by atoms with Crippen molar-refractivity contribution in [2.24, 2.45) is 11.1 Å². The standard InChI is InChI=1S/C20H32N2O3/c1-6-22(13-16(23)15-10-8-14(3)9-11-15)18(24)20(21)12-17(25-7-2)19(20,4)5/h8-11,16-17,23H,6-7,12-13,21H2,1-5H3. The molecular formula is C20H32N2O3. The highest BCUT2D eigenvalue weighted by Gasteiger charge is 2.63.